The monoisotopic (exact) mass is 511 g/mol. The zero-order valence-corrected chi connectivity index (χ0v) is 19.1. The maximum atomic E-state index is 12.9. The molecule has 0 aliphatic carbocycles. The number of aromatic amines is 1. The van der Waals surface area contributed by atoms with E-state index in [1.165, 1.54) is 17.0 Å². The molecular formula is C23H21ClF3N3O5. The lowest BCUT2D eigenvalue weighted by atomic mass is 10.1. The Labute approximate surface area is 202 Å². The first-order chi connectivity index (χ1) is 16.6. The first kappa shape index (κ1) is 24.8. The summed E-state index contributed by atoms with van der Waals surface area (Å²) in [5.74, 6) is -0.683. The van der Waals surface area contributed by atoms with Gasteiger partial charge in [-0.2, -0.15) is 13.2 Å². The van der Waals surface area contributed by atoms with Gasteiger partial charge in [-0.1, -0.05) is 11.6 Å². The highest BCUT2D eigenvalue weighted by Crippen LogP contribution is 2.32. The van der Waals surface area contributed by atoms with Crippen LogP contribution >= 0.6 is 11.6 Å². The second-order valence-electron chi connectivity index (χ2n) is 8.13. The van der Waals surface area contributed by atoms with Crippen molar-refractivity contribution >= 4 is 34.6 Å². The van der Waals surface area contributed by atoms with Crippen LogP contribution in [0.2, 0.25) is 5.02 Å². The molecule has 0 saturated carbocycles. The van der Waals surface area contributed by atoms with E-state index in [1.54, 1.807) is 12.1 Å². The SMILES string of the molecule is O=C(CCN1CCN(C(=O)OCc2cc(Cl)cc(C(F)(F)F)c2)CC1)c1ccc2[nH]c(=O)oc2c1. The molecule has 1 N–H and O–H groups in total. The summed E-state index contributed by atoms with van der Waals surface area (Å²) >= 11 is 5.75. The van der Waals surface area contributed by atoms with Crippen LogP contribution in [-0.2, 0) is 17.5 Å². The number of carbonyl (C=O) groups is 2. The van der Waals surface area contributed by atoms with Crippen LogP contribution in [0.1, 0.15) is 27.9 Å². The standard InChI is InChI=1S/C23H21ClF3N3O5/c24-17-10-14(9-16(12-17)23(25,26)27)13-34-22(33)30-7-5-29(6-8-30)4-3-19(31)15-1-2-18-20(11-15)35-21(32)28-18/h1-2,9-12H,3-8,13H2,(H,28,32). The molecule has 12 heteroatoms. The van der Waals surface area contributed by atoms with Gasteiger partial charge in [0.15, 0.2) is 11.4 Å². The van der Waals surface area contributed by atoms with E-state index in [9.17, 15) is 27.6 Å². The number of Topliss-reactive ketones (excluding diaryl/α,β-unsaturated/α-hetero) is 1. The Morgan fingerprint density at radius 2 is 1.83 bits per heavy atom. The van der Waals surface area contributed by atoms with Gasteiger partial charge < -0.3 is 14.1 Å². The molecule has 1 amide bonds. The van der Waals surface area contributed by atoms with Crippen molar-refractivity contribution in [1.29, 1.82) is 0 Å². The van der Waals surface area contributed by atoms with Gasteiger partial charge in [-0.15, -0.1) is 0 Å². The topological polar surface area (TPSA) is 95.9 Å². The summed E-state index contributed by atoms with van der Waals surface area (Å²) in [6.45, 7) is 1.91. The molecule has 2 heterocycles. The second kappa shape index (κ2) is 10.1. The summed E-state index contributed by atoms with van der Waals surface area (Å²) in [6.07, 6.45) is -4.93. The molecular weight excluding hydrogens is 491 g/mol. The highest BCUT2D eigenvalue weighted by Gasteiger charge is 2.31. The Balaban J connectivity index is 1.23. The molecule has 1 aromatic heterocycles. The highest BCUT2D eigenvalue weighted by atomic mass is 35.5. The predicted molar refractivity (Wildman–Crippen MR) is 120 cm³/mol. The van der Waals surface area contributed by atoms with Crippen molar-refractivity contribution in [2.24, 2.45) is 0 Å². The number of ether oxygens (including phenoxy) is 1. The fourth-order valence-corrected chi connectivity index (χ4v) is 4.07. The number of rotatable bonds is 6. The Bertz CT molecular complexity index is 1300. The van der Waals surface area contributed by atoms with Crippen molar-refractivity contribution in [3.8, 4) is 0 Å². The number of halogens is 4. The number of ketones is 1. The molecule has 0 unspecified atom stereocenters. The Morgan fingerprint density at radius 1 is 1.09 bits per heavy atom. The summed E-state index contributed by atoms with van der Waals surface area (Å²) in [5, 5.41) is -0.0911. The van der Waals surface area contributed by atoms with E-state index in [4.69, 9.17) is 20.8 Å². The lowest BCUT2D eigenvalue weighted by molar-refractivity contribution is -0.137. The van der Waals surface area contributed by atoms with Gasteiger partial charge in [0, 0.05) is 49.7 Å². The molecule has 3 aromatic rings. The van der Waals surface area contributed by atoms with Crippen molar-refractivity contribution in [3.05, 3.63) is 68.7 Å². The molecule has 0 bridgehead atoms. The third-order valence-electron chi connectivity index (χ3n) is 5.68. The van der Waals surface area contributed by atoms with Crippen LogP contribution in [0.15, 0.2) is 45.6 Å². The van der Waals surface area contributed by atoms with Crippen LogP contribution in [0.5, 0.6) is 0 Å². The third kappa shape index (κ3) is 6.23. The zero-order chi connectivity index (χ0) is 25.2. The Morgan fingerprint density at radius 3 is 2.54 bits per heavy atom. The molecule has 186 valence electrons. The van der Waals surface area contributed by atoms with Gasteiger partial charge in [0.25, 0.3) is 0 Å². The second-order valence-corrected chi connectivity index (χ2v) is 8.56. The zero-order valence-electron chi connectivity index (χ0n) is 18.4. The normalized spacial score (nSPS) is 14.9. The number of fused-ring (bicyclic) bond motifs is 1. The Hall–Kier alpha value is -3.31. The molecule has 4 rings (SSSR count). The van der Waals surface area contributed by atoms with E-state index in [0.29, 0.717) is 49.4 Å². The van der Waals surface area contributed by atoms with Gasteiger partial charge in [-0.25, -0.2) is 9.59 Å². The van der Waals surface area contributed by atoms with Crippen LogP contribution < -0.4 is 5.76 Å². The molecule has 2 aromatic carbocycles. The molecule has 1 fully saturated rings. The lowest BCUT2D eigenvalue weighted by Crippen LogP contribution is -2.49. The number of amides is 1. The molecule has 1 saturated heterocycles. The summed E-state index contributed by atoms with van der Waals surface area (Å²) in [7, 11) is 0. The van der Waals surface area contributed by atoms with Crippen molar-refractivity contribution in [3.63, 3.8) is 0 Å². The van der Waals surface area contributed by atoms with E-state index in [-0.39, 0.29) is 29.4 Å². The van der Waals surface area contributed by atoms with Gasteiger partial charge in [0.1, 0.15) is 6.61 Å². The fraction of sp³-hybridized carbons (Fsp3) is 0.348. The fourth-order valence-electron chi connectivity index (χ4n) is 3.81. The van der Waals surface area contributed by atoms with Crippen LogP contribution in [0.4, 0.5) is 18.0 Å². The van der Waals surface area contributed by atoms with Crippen LogP contribution in [-0.4, -0.2) is 59.4 Å². The molecule has 1 aliphatic rings. The quantitative estimate of drug-likeness (QED) is 0.495. The summed E-state index contributed by atoms with van der Waals surface area (Å²) in [6, 6.07) is 7.80. The smallest absolute Gasteiger partial charge is 0.417 e. The predicted octanol–water partition coefficient (Wildman–Crippen LogP) is 4.32. The first-order valence-electron chi connectivity index (χ1n) is 10.8. The van der Waals surface area contributed by atoms with Gasteiger partial charge in [-0.05, 0) is 42.0 Å². The van der Waals surface area contributed by atoms with E-state index in [0.717, 1.165) is 12.1 Å². The van der Waals surface area contributed by atoms with Gasteiger partial charge in [-0.3, -0.25) is 14.7 Å². The number of hydrogen-bond donors (Lipinski definition) is 1. The van der Waals surface area contributed by atoms with Crippen molar-refractivity contribution in [2.75, 3.05) is 32.7 Å². The largest absolute Gasteiger partial charge is 0.445 e. The van der Waals surface area contributed by atoms with Crippen molar-refractivity contribution in [2.45, 2.75) is 19.2 Å². The molecule has 0 spiro atoms. The highest BCUT2D eigenvalue weighted by molar-refractivity contribution is 6.30. The van der Waals surface area contributed by atoms with Crippen molar-refractivity contribution in [1.82, 2.24) is 14.8 Å². The number of aromatic nitrogens is 1. The molecule has 0 atom stereocenters. The molecule has 1 aliphatic heterocycles. The number of benzene rings is 2. The summed E-state index contributed by atoms with van der Waals surface area (Å²) < 4.78 is 48.9. The average Bonchev–Trinajstić information content (AvgIpc) is 3.19. The summed E-state index contributed by atoms with van der Waals surface area (Å²) in [4.78, 5) is 42.1. The number of H-pyrrole nitrogens is 1. The van der Waals surface area contributed by atoms with Gasteiger partial charge in [0.2, 0.25) is 0 Å². The third-order valence-corrected chi connectivity index (χ3v) is 5.89. The van der Waals surface area contributed by atoms with E-state index >= 15 is 0 Å². The van der Waals surface area contributed by atoms with E-state index in [2.05, 4.69) is 4.98 Å². The van der Waals surface area contributed by atoms with Crippen LogP contribution in [0, 0.1) is 0 Å². The van der Waals surface area contributed by atoms with E-state index in [1.807, 2.05) is 4.90 Å². The number of hydrogen-bond acceptors (Lipinski definition) is 6. The average molecular weight is 512 g/mol. The maximum absolute atomic E-state index is 12.9. The van der Waals surface area contributed by atoms with Gasteiger partial charge in [0.05, 0.1) is 11.1 Å². The number of nitrogens with one attached hydrogen (secondary N) is 1. The first-order valence-corrected chi connectivity index (χ1v) is 11.1. The van der Waals surface area contributed by atoms with Crippen molar-refractivity contribution < 1.29 is 31.9 Å². The van der Waals surface area contributed by atoms with Crippen LogP contribution in [0.25, 0.3) is 11.1 Å². The number of piperazine rings is 1. The molecule has 8 nitrogen and oxygen atoms in total. The maximum Gasteiger partial charge on any atom is 0.417 e. The number of oxazole rings is 1. The summed E-state index contributed by atoms with van der Waals surface area (Å²) in [5.41, 5.74) is 0.521. The van der Waals surface area contributed by atoms with Gasteiger partial charge >= 0.3 is 18.0 Å². The minimum absolute atomic E-state index is 0.0911. The van der Waals surface area contributed by atoms with E-state index < -0.39 is 23.6 Å². The van der Waals surface area contributed by atoms with Crippen LogP contribution in [0.3, 0.4) is 0 Å². The molecule has 35 heavy (non-hydrogen) atoms. The number of carbonyl (C=O) groups excluding carboxylic acids is 2. The Kier molecular flexibility index (Phi) is 7.18. The lowest BCUT2D eigenvalue weighted by Gasteiger charge is -2.33. The number of alkyl halides is 3. The molecule has 0 radical (unpaired) electrons. The number of nitrogens with zero attached hydrogens (tertiary/aromatic N) is 2. The minimum atomic E-state index is -4.55. The minimum Gasteiger partial charge on any atom is -0.445 e.